The van der Waals surface area contributed by atoms with E-state index in [0.29, 0.717) is 12.4 Å². The second-order valence-corrected chi connectivity index (χ2v) is 11.4. The van der Waals surface area contributed by atoms with Crippen LogP contribution in [0.15, 0.2) is 76.1 Å². The molecule has 0 unspecified atom stereocenters. The Kier molecular flexibility index (Phi) is 8.58. The molecular weight excluding hydrogens is 534 g/mol. The van der Waals surface area contributed by atoms with Gasteiger partial charge in [-0.1, -0.05) is 28.1 Å². The van der Waals surface area contributed by atoms with E-state index in [9.17, 15) is 13.2 Å². The highest BCUT2D eigenvalue weighted by molar-refractivity contribution is 9.10. The molecule has 35 heavy (non-hydrogen) atoms. The summed E-state index contributed by atoms with van der Waals surface area (Å²) in [4.78, 5) is 11.8. The standard InChI is InChI=1S/C26H28BrNO6S/c1-26(2,3)34-25(29)16-28-35(30,31)24-11-9-23(10-12-24)33-17-18-13-20(15-21(27)14-18)19-5-7-22(32-4)8-6-19/h5-15,28H,16-17H2,1-4H3. The normalized spacial score (nSPS) is 11.7. The van der Waals surface area contributed by atoms with Crippen molar-refractivity contribution >= 4 is 31.9 Å². The van der Waals surface area contributed by atoms with Gasteiger partial charge in [0.05, 0.1) is 12.0 Å². The first-order valence-electron chi connectivity index (χ1n) is 10.8. The lowest BCUT2D eigenvalue weighted by Gasteiger charge is -2.19. The molecule has 3 aromatic rings. The number of carbonyl (C=O) groups excluding carboxylic acids is 1. The molecule has 0 aromatic heterocycles. The van der Waals surface area contributed by atoms with E-state index in [0.717, 1.165) is 26.9 Å². The molecule has 0 saturated carbocycles. The molecule has 1 N–H and O–H groups in total. The first-order valence-corrected chi connectivity index (χ1v) is 13.1. The molecule has 0 spiro atoms. The van der Waals surface area contributed by atoms with E-state index in [1.807, 2.05) is 42.5 Å². The third-order valence-electron chi connectivity index (χ3n) is 4.75. The van der Waals surface area contributed by atoms with E-state index in [1.165, 1.54) is 12.1 Å². The van der Waals surface area contributed by atoms with Crippen molar-refractivity contribution in [1.82, 2.24) is 4.72 Å². The van der Waals surface area contributed by atoms with Crippen LogP contribution in [0, 0.1) is 0 Å². The maximum absolute atomic E-state index is 12.5. The minimum Gasteiger partial charge on any atom is -0.497 e. The van der Waals surface area contributed by atoms with Crippen LogP contribution in [0.25, 0.3) is 11.1 Å². The van der Waals surface area contributed by atoms with Gasteiger partial charge in [-0.25, -0.2) is 8.42 Å². The Morgan fingerprint density at radius 2 is 1.54 bits per heavy atom. The molecule has 0 saturated heterocycles. The van der Waals surface area contributed by atoms with E-state index in [1.54, 1.807) is 40.0 Å². The summed E-state index contributed by atoms with van der Waals surface area (Å²) in [6.45, 7) is 4.99. The number of carbonyl (C=O) groups is 1. The van der Waals surface area contributed by atoms with E-state index >= 15 is 0 Å². The van der Waals surface area contributed by atoms with Crippen LogP contribution in [0.3, 0.4) is 0 Å². The molecule has 3 rings (SSSR count). The topological polar surface area (TPSA) is 90.9 Å². The van der Waals surface area contributed by atoms with Crippen LogP contribution in [0.1, 0.15) is 26.3 Å². The summed E-state index contributed by atoms with van der Waals surface area (Å²) in [6, 6.07) is 19.8. The molecule has 186 valence electrons. The van der Waals surface area contributed by atoms with Crippen LogP contribution < -0.4 is 14.2 Å². The minimum absolute atomic E-state index is 0.0256. The molecule has 0 aliphatic rings. The second kappa shape index (κ2) is 11.2. The highest BCUT2D eigenvalue weighted by Crippen LogP contribution is 2.27. The van der Waals surface area contributed by atoms with Gasteiger partial charge in [0.15, 0.2) is 0 Å². The van der Waals surface area contributed by atoms with Crippen LogP contribution in [-0.4, -0.2) is 33.6 Å². The number of ether oxygens (including phenoxy) is 3. The summed E-state index contributed by atoms with van der Waals surface area (Å²) in [6.07, 6.45) is 0. The number of hydrogen-bond acceptors (Lipinski definition) is 6. The summed E-state index contributed by atoms with van der Waals surface area (Å²) in [7, 11) is -2.23. The number of hydrogen-bond donors (Lipinski definition) is 1. The van der Waals surface area contributed by atoms with Gasteiger partial charge < -0.3 is 14.2 Å². The smallest absolute Gasteiger partial charge is 0.321 e. The third kappa shape index (κ3) is 8.09. The first-order chi connectivity index (χ1) is 16.4. The fourth-order valence-corrected chi connectivity index (χ4v) is 4.69. The summed E-state index contributed by atoms with van der Waals surface area (Å²) in [5, 5.41) is 0. The van der Waals surface area contributed by atoms with Gasteiger partial charge in [0.2, 0.25) is 10.0 Å². The van der Waals surface area contributed by atoms with E-state index in [2.05, 4.69) is 20.7 Å². The first kappa shape index (κ1) is 26.7. The van der Waals surface area contributed by atoms with Crippen LogP contribution in [0.4, 0.5) is 0 Å². The zero-order valence-electron chi connectivity index (χ0n) is 20.0. The molecule has 9 heteroatoms. The summed E-state index contributed by atoms with van der Waals surface area (Å²) in [5.41, 5.74) is 2.33. The van der Waals surface area contributed by atoms with Gasteiger partial charge in [-0.05, 0) is 92.1 Å². The Balaban J connectivity index is 1.63. The Labute approximate surface area is 214 Å². The maximum Gasteiger partial charge on any atom is 0.321 e. The molecule has 0 aliphatic carbocycles. The van der Waals surface area contributed by atoms with Gasteiger partial charge in [-0.15, -0.1) is 0 Å². The molecular formula is C26H28BrNO6S. The number of nitrogens with one attached hydrogen (secondary N) is 1. The predicted molar refractivity (Wildman–Crippen MR) is 138 cm³/mol. The molecule has 0 heterocycles. The average molecular weight is 562 g/mol. The largest absolute Gasteiger partial charge is 0.497 e. The van der Waals surface area contributed by atoms with Crippen LogP contribution in [0.5, 0.6) is 11.5 Å². The summed E-state index contributed by atoms with van der Waals surface area (Å²) < 4.78 is 44.3. The second-order valence-electron chi connectivity index (χ2n) is 8.75. The Hall–Kier alpha value is -2.88. The van der Waals surface area contributed by atoms with Gasteiger partial charge in [-0.2, -0.15) is 4.72 Å². The zero-order valence-corrected chi connectivity index (χ0v) is 22.4. The molecule has 0 aliphatic heterocycles. The Morgan fingerprint density at radius 3 is 2.14 bits per heavy atom. The summed E-state index contributed by atoms with van der Waals surface area (Å²) >= 11 is 3.55. The fourth-order valence-electron chi connectivity index (χ4n) is 3.18. The Morgan fingerprint density at radius 1 is 0.914 bits per heavy atom. The van der Waals surface area contributed by atoms with Crippen LogP contribution >= 0.6 is 15.9 Å². The number of halogens is 1. The monoisotopic (exact) mass is 561 g/mol. The predicted octanol–water partition coefficient (Wildman–Crippen LogP) is 5.32. The lowest BCUT2D eigenvalue weighted by Crippen LogP contribution is -2.34. The molecule has 0 radical (unpaired) electrons. The van der Waals surface area contributed by atoms with Gasteiger partial charge in [-0.3, -0.25) is 4.79 Å². The number of esters is 1. The van der Waals surface area contributed by atoms with Crippen molar-refractivity contribution in [2.75, 3.05) is 13.7 Å². The van der Waals surface area contributed by atoms with Crippen molar-refractivity contribution < 1.29 is 27.4 Å². The quantitative estimate of drug-likeness (QED) is 0.355. The average Bonchev–Trinajstić information content (AvgIpc) is 2.80. The van der Waals surface area contributed by atoms with Crippen molar-refractivity contribution in [2.45, 2.75) is 37.9 Å². The fraction of sp³-hybridized carbons (Fsp3) is 0.269. The zero-order chi connectivity index (χ0) is 25.6. The number of sulfonamides is 1. The van der Waals surface area contributed by atoms with Crippen molar-refractivity contribution in [3.63, 3.8) is 0 Å². The van der Waals surface area contributed by atoms with Crippen molar-refractivity contribution in [3.8, 4) is 22.6 Å². The van der Waals surface area contributed by atoms with Crippen LogP contribution in [0.2, 0.25) is 0 Å². The van der Waals surface area contributed by atoms with E-state index in [-0.39, 0.29) is 4.90 Å². The SMILES string of the molecule is COc1ccc(-c2cc(Br)cc(COc3ccc(S(=O)(=O)NCC(=O)OC(C)(C)C)cc3)c2)cc1. The lowest BCUT2D eigenvalue weighted by atomic mass is 10.0. The van der Waals surface area contributed by atoms with Crippen molar-refractivity contribution in [1.29, 1.82) is 0 Å². The lowest BCUT2D eigenvalue weighted by molar-refractivity contribution is -0.153. The van der Waals surface area contributed by atoms with E-state index < -0.39 is 28.1 Å². The molecule has 0 atom stereocenters. The molecule has 3 aromatic carbocycles. The van der Waals surface area contributed by atoms with Crippen LogP contribution in [-0.2, 0) is 26.2 Å². The number of benzene rings is 3. The minimum atomic E-state index is -3.86. The van der Waals surface area contributed by atoms with Gasteiger partial charge >= 0.3 is 5.97 Å². The molecule has 0 fully saturated rings. The Bertz CT molecular complexity index is 1270. The maximum atomic E-state index is 12.5. The van der Waals surface area contributed by atoms with Gasteiger partial charge in [0.25, 0.3) is 0 Å². The highest BCUT2D eigenvalue weighted by atomic mass is 79.9. The molecule has 0 bridgehead atoms. The van der Waals surface area contributed by atoms with Gasteiger partial charge in [0.1, 0.15) is 30.3 Å². The number of rotatable bonds is 9. The van der Waals surface area contributed by atoms with Crippen molar-refractivity contribution in [2.24, 2.45) is 0 Å². The van der Waals surface area contributed by atoms with E-state index in [4.69, 9.17) is 14.2 Å². The molecule has 0 amide bonds. The summed E-state index contributed by atoms with van der Waals surface area (Å²) in [5.74, 6) is 0.656. The third-order valence-corrected chi connectivity index (χ3v) is 6.62. The van der Waals surface area contributed by atoms with Crippen molar-refractivity contribution in [3.05, 3.63) is 76.8 Å². The van der Waals surface area contributed by atoms with Gasteiger partial charge in [0, 0.05) is 4.47 Å². The molecule has 7 nitrogen and oxygen atoms in total. The number of methoxy groups -OCH3 is 1. The highest BCUT2D eigenvalue weighted by Gasteiger charge is 2.20.